The van der Waals surface area contributed by atoms with Gasteiger partial charge in [0.1, 0.15) is 0 Å². The van der Waals surface area contributed by atoms with E-state index in [0.717, 1.165) is 19.4 Å². The Morgan fingerprint density at radius 1 is 1.50 bits per heavy atom. The van der Waals surface area contributed by atoms with Crippen LogP contribution in [0.2, 0.25) is 0 Å². The fourth-order valence-corrected chi connectivity index (χ4v) is 1.68. The van der Waals surface area contributed by atoms with Gasteiger partial charge < -0.3 is 4.74 Å². The van der Waals surface area contributed by atoms with Crippen LogP contribution >= 0.6 is 0 Å². The lowest BCUT2D eigenvalue weighted by atomic mass is 9.98. The van der Waals surface area contributed by atoms with Crippen LogP contribution in [-0.2, 0) is 4.74 Å². The molecule has 2 unspecified atom stereocenters. The lowest BCUT2D eigenvalue weighted by Crippen LogP contribution is -2.13. The SMILES string of the molecule is CCCCCC1OCCC1C#N. The van der Waals surface area contributed by atoms with E-state index in [1.165, 1.54) is 19.3 Å². The zero-order valence-electron chi connectivity index (χ0n) is 7.75. The molecule has 0 N–H and O–H groups in total. The fraction of sp³-hybridized carbons (Fsp3) is 0.900. The minimum Gasteiger partial charge on any atom is -0.377 e. The minimum atomic E-state index is 0.168. The highest BCUT2D eigenvalue weighted by molar-refractivity contribution is 4.92. The number of rotatable bonds is 4. The van der Waals surface area contributed by atoms with Gasteiger partial charge in [-0.3, -0.25) is 0 Å². The second-order valence-electron chi connectivity index (χ2n) is 3.43. The molecule has 2 heteroatoms. The summed E-state index contributed by atoms with van der Waals surface area (Å²) in [7, 11) is 0. The summed E-state index contributed by atoms with van der Waals surface area (Å²) in [5, 5.41) is 8.76. The maximum Gasteiger partial charge on any atom is 0.0747 e. The van der Waals surface area contributed by atoms with E-state index in [4.69, 9.17) is 10.00 Å². The predicted molar refractivity (Wildman–Crippen MR) is 47.6 cm³/mol. The molecule has 2 atom stereocenters. The highest BCUT2D eigenvalue weighted by atomic mass is 16.5. The van der Waals surface area contributed by atoms with E-state index < -0.39 is 0 Å². The summed E-state index contributed by atoms with van der Waals surface area (Å²) >= 11 is 0. The zero-order chi connectivity index (χ0) is 8.81. The van der Waals surface area contributed by atoms with E-state index in [-0.39, 0.29) is 12.0 Å². The maximum absolute atomic E-state index is 8.76. The second-order valence-corrected chi connectivity index (χ2v) is 3.43. The molecule has 1 heterocycles. The van der Waals surface area contributed by atoms with Gasteiger partial charge >= 0.3 is 0 Å². The first-order valence-corrected chi connectivity index (χ1v) is 4.89. The third kappa shape index (κ3) is 2.49. The highest BCUT2D eigenvalue weighted by Gasteiger charge is 2.27. The molecule has 0 aliphatic carbocycles. The van der Waals surface area contributed by atoms with Gasteiger partial charge in [-0.15, -0.1) is 0 Å². The number of nitriles is 1. The van der Waals surface area contributed by atoms with Crippen LogP contribution in [0, 0.1) is 17.2 Å². The number of hydrogen-bond acceptors (Lipinski definition) is 2. The molecule has 0 aromatic heterocycles. The quantitative estimate of drug-likeness (QED) is 0.603. The average Bonchev–Trinajstić information content (AvgIpc) is 2.52. The molecule has 1 aliphatic heterocycles. The van der Waals surface area contributed by atoms with Crippen LogP contribution < -0.4 is 0 Å². The zero-order valence-corrected chi connectivity index (χ0v) is 7.75. The van der Waals surface area contributed by atoms with Gasteiger partial charge in [-0.2, -0.15) is 5.26 Å². The van der Waals surface area contributed by atoms with Crippen LogP contribution in [0.15, 0.2) is 0 Å². The summed E-state index contributed by atoms with van der Waals surface area (Å²) in [5.41, 5.74) is 0. The van der Waals surface area contributed by atoms with Crippen molar-refractivity contribution in [1.82, 2.24) is 0 Å². The minimum absolute atomic E-state index is 0.168. The summed E-state index contributed by atoms with van der Waals surface area (Å²) in [4.78, 5) is 0. The van der Waals surface area contributed by atoms with Gasteiger partial charge in [-0.25, -0.2) is 0 Å². The van der Waals surface area contributed by atoms with Gasteiger partial charge in [0.25, 0.3) is 0 Å². The molecular formula is C10H17NO. The van der Waals surface area contributed by atoms with Crippen LogP contribution in [0.4, 0.5) is 0 Å². The third-order valence-corrected chi connectivity index (χ3v) is 2.47. The number of ether oxygens (including phenoxy) is 1. The van der Waals surface area contributed by atoms with Crippen molar-refractivity contribution in [3.63, 3.8) is 0 Å². The molecule has 0 spiro atoms. The fourth-order valence-electron chi connectivity index (χ4n) is 1.68. The molecule has 1 saturated heterocycles. The Morgan fingerprint density at radius 2 is 2.33 bits per heavy atom. The van der Waals surface area contributed by atoms with Gasteiger partial charge in [0.2, 0.25) is 0 Å². The van der Waals surface area contributed by atoms with Gasteiger partial charge in [-0.1, -0.05) is 26.2 Å². The highest BCUT2D eigenvalue weighted by Crippen LogP contribution is 2.24. The Kier molecular flexibility index (Phi) is 4.10. The smallest absolute Gasteiger partial charge is 0.0747 e. The molecule has 0 aromatic rings. The molecule has 0 radical (unpaired) electrons. The number of nitrogens with zero attached hydrogens (tertiary/aromatic N) is 1. The average molecular weight is 167 g/mol. The number of hydrogen-bond donors (Lipinski definition) is 0. The van der Waals surface area contributed by atoms with Crippen molar-refractivity contribution in [2.24, 2.45) is 5.92 Å². The molecule has 1 aliphatic rings. The van der Waals surface area contributed by atoms with Gasteiger partial charge in [0.15, 0.2) is 0 Å². The van der Waals surface area contributed by atoms with E-state index >= 15 is 0 Å². The van der Waals surface area contributed by atoms with Crippen molar-refractivity contribution < 1.29 is 4.74 Å². The topological polar surface area (TPSA) is 33.0 Å². The standard InChI is InChI=1S/C10H17NO/c1-2-3-4-5-10-9(8-11)6-7-12-10/h9-10H,2-7H2,1H3. The van der Waals surface area contributed by atoms with Crippen LogP contribution in [0.5, 0.6) is 0 Å². The monoisotopic (exact) mass is 167 g/mol. The van der Waals surface area contributed by atoms with Gasteiger partial charge in [0, 0.05) is 6.61 Å². The van der Waals surface area contributed by atoms with Crippen molar-refractivity contribution >= 4 is 0 Å². The summed E-state index contributed by atoms with van der Waals surface area (Å²) in [6, 6.07) is 2.32. The first kappa shape index (κ1) is 9.54. The van der Waals surface area contributed by atoms with E-state index in [9.17, 15) is 0 Å². The largest absolute Gasteiger partial charge is 0.377 e. The molecule has 12 heavy (non-hydrogen) atoms. The second kappa shape index (κ2) is 5.16. The Hall–Kier alpha value is -0.550. The Labute approximate surface area is 74.5 Å². The van der Waals surface area contributed by atoms with Crippen molar-refractivity contribution in [3.8, 4) is 6.07 Å². The van der Waals surface area contributed by atoms with E-state index in [0.29, 0.717) is 0 Å². The van der Waals surface area contributed by atoms with E-state index in [2.05, 4.69) is 13.0 Å². The maximum atomic E-state index is 8.76. The van der Waals surface area contributed by atoms with Crippen LogP contribution in [0.3, 0.4) is 0 Å². The summed E-state index contributed by atoms with van der Waals surface area (Å²) in [6.45, 7) is 2.98. The first-order valence-electron chi connectivity index (χ1n) is 4.89. The predicted octanol–water partition coefficient (Wildman–Crippen LogP) is 2.50. The Balaban J connectivity index is 2.18. The van der Waals surface area contributed by atoms with Crippen LogP contribution in [0.25, 0.3) is 0 Å². The Morgan fingerprint density at radius 3 is 3.00 bits per heavy atom. The molecule has 0 amide bonds. The molecular weight excluding hydrogens is 150 g/mol. The summed E-state index contributed by atoms with van der Waals surface area (Å²) in [5.74, 6) is 0.168. The molecule has 0 aromatic carbocycles. The normalized spacial score (nSPS) is 28.7. The summed E-state index contributed by atoms with van der Waals surface area (Å²) < 4.78 is 5.48. The van der Waals surface area contributed by atoms with Crippen molar-refractivity contribution in [1.29, 1.82) is 5.26 Å². The van der Waals surface area contributed by atoms with Gasteiger partial charge in [-0.05, 0) is 12.8 Å². The Bertz CT molecular complexity index is 162. The van der Waals surface area contributed by atoms with E-state index in [1.807, 2.05) is 0 Å². The number of unbranched alkanes of at least 4 members (excludes halogenated alkanes) is 2. The molecule has 1 rings (SSSR count). The lowest BCUT2D eigenvalue weighted by Gasteiger charge is -2.11. The molecule has 0 saturated carbocycles. The first-order chi connectivity index (χ1) is 5.88. The van der Waals surface area contributed by atoms with Crippen molar-refractivity contribution in [2.75, 3.05) is 6.61 Å². The van der Waals surface area contributed by atoms with E-state index in [1.54, 1.807) is 0 Å². The van der Waals surface area contributed by atoms with Gasteiger partial charge in [0.05, 0.1) is 18.1 Å². The van der Waals surface area contributed by atoms with Crippen molar-refractivity contribution in [3.05, 3.63) is 0 Å². The van der Waals surface area contributed by atoms with Crippen LogP contribution in [-0.4, -0.2) is 12.7 Å². The molecule has 1 fully saturated rings. The molecule has 68 valence electrons. The third-order valence-electron chi connectivity index (χ3n) is 2.47. The van der Waals surface area contributed by atoms with Crippen LogP contribution in [0.1, 0.15) is 39.0 Å². The van der Waals surface area contributed by atoms with Crippen molar-refractivity contribution in [2.45, 2.75) is 45.1 Å². The lowest BCUT2D eigenvalue weighted by molar-refractivity contribution is 0.0909. The molecule has 2 nitrogen and oxygen atoms in total. The molecule has 0 bridgehead atoms. The summed E-state index contributed by atoms with van der Waals surface area (Å²) in [6.07, 6.45) is 5.96.